The van der Waals surface area contributed by atoms with Crippen LogP contribution in [0.3, 0.4) is 0 Å². The van der Waals surface area contributed by atoms with E-state index in [1.54, 1.807) is 20.1 Å². The second-order valence-corrected chi connectivity index (χ2v) is 5.49. The summed E-state index contributed by atoms with van der Waals surface area (Å²) >= 11 is 0. The van der Waals surface area contributed by atoms with Gasteiger partial charge in [0, 0.05) is 38.6 Å². The molecule has 0 aromatic carbocycles. The van der Waals surface area contributed by atoms with Crippen LogP contribution >= 0.6 is 0 Å². The predicted molar refractivity (Wildman–Crippen MR) is 65.0 cm³/mol. The number of hydrogen-bond donors (Lipinski definition) is 2. The zero-order chi connectivity index (χ0) is 12.9. The maximum absolute atomic E-state index is 12.2. The molecule has 1 heterocycles. The van der Waals surface area contributed by atoms with Crippen molar-refractivity contribution in [2.75, 3.05) is 26.8 Å². The number of likely N-dealkylation sites (N-methyl/N-ethyl adjacent to an activating group) is 1. The van der Waals surface area contributed by atoms with Crippen molar-refractivity contribution in [2.24, 2.45) is 5.73 Å². The van der Waals surface area contributed by atoms with Crippen LogP contribution in [0.25, 0.3) is 0 Å². The molecular formula is C10H19N3O3S. The van der Waals surface area contributed by atoms with E-state index in [0.717, 1.165) is 0 Å². The molecule has 7 heteroatoms. The lowest BCUT2D eigenvalue weighted by molar-refractivity contribution is 0.180. The van der Waals surface area contributed by atoms with Gasteiger partial charge in [-0.05, 0) is 6.07 Å². The molecule has 1 aromatic rings. The first-order valence-corrected chi connectivity index (χ1v) is 6.86. The lowest BCUT2D eigenvalue weighted by atomic mass is 10.4. The quantitative estimate of drug-likeness (QED) is 0.730. The fourth-order valence-corrected chi connectivity index (χ4v) is 2.93. The van der Waals surface area contributed by atoms with Crippen LogP contribution in [0.5, 0.6) is 0 Å². The minimum absolute atomic E-state index is 0.246. The minimum Gasteiger partial charge on any atom is -0.383 e. The summed E-state index contributed by atoms with van der Waals surface area (Å²) in [4.78, 5) is 3.08. The molecule has 0 saturated heterocycles. The number of ether oxygens (including phenoxy) is 1. The standard InChI is InChI=1S/C10H19N3O3S/c1-3-13(4-5-16-2)17(14,15)10-6-9(7-11)12-8-10/h6,8,12H,3-5,7,11H2,1-2H3. The number of nitrogens with one attached hydrogen (secondary N) is 1. The first kappa shape index (κ1) is 14.2. The van der Waals surface area contributed by atoms with Crippen molar-refractivity contribution in [3.63, 3.8) is 0 Å². The Balaban J connectivity index is 2.91. The molecule has 0 fully saturated rings. The number of hydrogen-bond acceptors (Lipinski definition) is 4. The highest BCUT2D eigenvalue weighted by Gasteiger charge is 2.23. The van der Waals surface area contributed by atoms with Gasteiger partial charge in [-0.15, -0.1) is 0 Å². The van der Waals surface area contributed by atoms with E-state index in [2.05, 4.69) is 4.98 Å². The Bertz CT molecular complexity index is 441. The van der Waals surface area contributed by atoms with E-state index in [-0.39, 0.29) is 4.90 Å². The molecule has 0 aliphatic carbocycles. The van der Waals surface area contributed by atoms with Crippen molar-refractivity contribution in [1.82, 2.24) is 9.29 Å². The van der Waals surface area contributed by atoms with Gasteiger partial charge in [0.2, 0.25) is 10.0 Å². The van der Waals surface area contributed by atoms with Crippen LogP contribution in [0.15, 0.2) is 17.2 Å². The zero-order valence-electron chi connectivity index (χ0n) is 10.1. The van der Waals surface area contributed by atoms with Gasteiger partial charge < -0.3 is 15.5 Å². The van der Waals surface area contributed by atoms with E-state index in [1.807, 2.05) is 0 Å². The molecule has 0 saturated carbocycles. The number of methoxy groups -OCH3 is 1. The largest absolute Gasteiger partial charge is 0.383 e. The van der Waals surface area contributed by atoms with Crippen molar-refractivity contribution in [3.8, 4) is 0 Å². The molecule has 0 aliphatic heterocycles. The van der Waals surface area contributed by atoms with E-state index < -0.39 is 10.0 Å². The predicted octanol–water partition coefficient (Wildman–Crippen LogP) is 0.130. The lowest BCUT2D eigenvalue weighted by Crippen LogP contribution is -2.33. The molecule has 17 heavy (non-hydrogen) atoms. The molecule has 6 nitrogen and oxygen atoms in total. The maximum Gasteiger partial charge on any atom is 0.244 e. The van der Waals surface area contributed by atoms with Crippen LogP contribution in [0.2, 0.25) is 0 Å². The fourth-order valence-electron chi connectivity index (χ4n) is 1.48. The number of H-pyrrole nitrogens is 1. The van der Waals surface area contributed by atoms with Gasteiger partial charge in [-0.1, -0.05) is 6.92 Å². The average molecular weight is 261 g/mol. The zero-order valence-corrected chi connectivity index (χ0v) is 11.0. The molecule has 0 bridgehead atoms. The number of nitrogens with zero attached hydrogens (tertiary/aromatic N) is 1. The molecular weight excluding hydrogens is 242 g/mol. The van der Waals surface area contributed by atoms with Gasteiger partial charge in [0.1, 0.15) is 0 Å². The van der Waals surface area contributed by atoms with E-state index in [1.165, 1.54) is 10.5 Å². The van der Waals surface area contributed by atoms with Crippen LogP contribution in [-0.2, 0) is 21.3 Å². The Labute approximate surface area is 102 Å². The molecule has 0 atom stereocenters. The maximum atomic E-state index is 12.2. The van der Waals surface area contributed by atoms with E-state index in [0.29, 0.717) is 31.9 Å². The number of rotatable bonds is 7. The third-order valence-electron chi connectivity index (χ3n) is 2.47. The molecule has 0 spiro atoms. The molecule has 1 aromatic heterocycles. The SMILES string of the molecule is CCN(CCOC)S(=O)(=O)c1c[nH]c(CN)c1. The van der Waals surface area contributed by atoms with Crippen molar-refractivity contribution >= 4 is 10.0 Å². The van der Waals surface area contributed by atoms with Gasteiger partial charge in [-0.3, -0.25) is 0 Å². The first-order chi connectivity index (χ1) is 8.06. The molecule has 0 radical (unpaired) electrons. The Morgan fingerprint density at radius 1 is 1.53 bits per heavy atom. The third-order valence-corrected chi connectivity index (χ3v) is 4.42. The summed E-state index contributed by atoms with van der Waals surface area (Å²) in [5.41, 5.74) is 6.14. The van der Waals surface area contributed by atoms with E-state index >= 15 is 0 Å². The highest BCUT2D eigenvalue weighted by molar-refractivity contribution is 7.89. The first-order valence-electron chi connectivity index (χ1n) is 5.42. The van der Waals surface area contributed by atoms with Crippen molar-refractivity contribution in [1.29, 1.82) is 0 Å². The lowest BCUT2D eigenvalue weighted by Gasteiger charge is -2.18. The summed E-state index contributed by atoms with van der Waals surface area (Å²) in [6.07, 6.45) is 1.47. The normalized spacial score (nSPS) is 12.2. The number of aromatic amines is 1. The second-order valence-electron chi connectivity index (χ2n) is 3.55. The molecule has 98 valence electrons. The summed E-state index contributed by atoms with van der Waals surface area (Å²) in [5.74, 6) is 0. The van der Waals surface area contributed by atoms with Gasteiger partial charge in [0.05, 0.1) is 11.5 Å². The highest BCUT2D eigenvalue weighted by Crippen LogP contribution is 2.16. The molecule has 0 amide bonds. The number of sulfonamides is 1. The van der Waals surface area contributed by atoms with Gasteiger partial charge >= 0.3 is 0 Å². The molecule has 3 N–H and O–H groups in total. The third kappa shape index (κ3) is 3.29. The van der Waals surface area contributed by atoms with E-state index in [4.69, 9.17) is 10.5 Å². The topological polar surface area (TPSA) is 88.4 Å². The Hall–Kier alpha value is -0.890. The van der Waals surface area contributed by atoms with Crippen LogP contribution in [0.4, 0.5) is 0 Å². The minimum atomic E-state index is -3.45. The van der Waals surface area contributed by atoms with Gasteiger partial charge in [0.25, 0.3) is 0 Å². The summed E-state index contributed by atoms with van der Waals surface area (Å²) < 4.78 is 30.7. The van der Waals surface area contributed by atoms with Gasteiger partial charge in [0.15, 0.2) is 0 Å². The highest BCUT2D eigenvalue weighted by atomic mass is 32.2. The Morgan fingerprint density at radius 3 is 2.71 bits per heavy atom. The van der Waals surface area contributed by atoms with Crippen LogP contribution < -0.4 is 5.73 Å². The average Bonchev–Trinajstić information content (AvgIpc) is 2.79. The monoisotopic (exact) mass is 261 g/mol. The number of nitrogens with two attached hydrogens (primary N) is 1. The van der Waals surface area contributed by atoms with Crippen molar-refractivity contribution in [2.45, 2.75) is 18.4 Å². The molecule has 0 aliphatic rings. The van der Waals surface area contributed by atoms with E-state index in [9.17, 15) is 8.42 Å². The van der Waals surface area contributed by atoms with Crippen LogP contribution in [0, 0.1) is 0 Å². The molecule has 0 unspecified atom stereocenters. The van der Waals surface area contributed by atoms with Gasteiger partial charge in [-0.25, -0.2) is 8.42 Å². The van der Waals surface area contributed by atoms with Crippen LogP contribution in [0.1, 0.15) is 12.6 Å². The Kier molecular flexibility index (Phi) is 5.13. The fraction of sp³-hybridized carbons (Fsp3) is 0.600. The smallest absolute Gasteiger partial charge is 0.244 e. The van der Waals surface area contributed by atoms with Crippen molar-refractivity contribution in [3.05, 3.63) is 18.0 Å². The summed E-state index contributed by atoms with van der Waals surface area (Å²) in [6.45, 7) is 3.22. The summed E-state index contributed by atoms with van der Waals surface area (Å²) in [5, 5.41) is 0. The second kappa shape index (κ2) is 6.15. The Morgan fingerprint density at radius 2 is 2.24 bits per heavy atom. The van der Waals surface area contributed by atoms with Crippen LogP contribution in [-0.4, -0.2) is 44.5 Å². The van der Waals surface area contributed by atoms with Gasteiger partial charge in [-0.2, -0.15) is 4.31 Å². The summed E-state index contributed by atoms with van der Waals surface area (Å²) in [7, 11) is -1.90. The summed E-state index contributed by atoms with van der Waals surface area (Å²) in [6, 6.07) is 1.56. The van der Waals surface area contributed by atoms with Crippen molar-refractivity contribution < 1.29 is 13.2 Å². The number of aromatic nitrogens is 1. The molecule has 1 rings (SSSR count).